The first-order valence-corrected chi connectivity index (χ1v) is 18.3. The minimum absolute atomic E-state index is 0.823. The first kappa shape index (κ1) is 46.6. The Balaban J connectivity index is 1.56. The van der Waals surface area contributed by atoms with Crippen molar-refractivity contribution in [3.05, 3.63) is 0 Å². The number of aliphatic hydroxyl groups is 14. The molecule has 15 N–H and O–H groups in total. The van der Waals surface area contributed by atoms with E-state index in [4.69, 9.17) is 42.6 Å². The molecule has 57 heavy (non-hydrogen) atoms. The maximum Gasteiger partial charge on any atom is 0.217 e. The average Bonchev–Trinajstić information content (AvgIpc) is 3.18. The van der Waals surface area contributed by atoms with E-state index in [-0.39, 0.29) is 0 Å². The Hall–Kier alpha value is -1.45. The zero-order valence-electron chi connectivity index (χ0n) is 30.9. The molecule has 25 nitrogen and oxygen atoms in total. The van der Waals surface area contributed by atoms with Crippen molar-refractivity contribution < 1.29 is 119 Å². The molecule has 0 aromatic heterocycles. The lowest BCUT2D eigenvalue weighted by Gasteiger charge is -2.52. The van der Waals surface area contributed by atoms with E-state index in [9.17, 15) is 76.3 Å². The van der Waals surface area contributed by atoms with Crippen molar-refractivity contribution in [1.29, 1.82) is 0 Å². The van der Waals surface area contributed by atoms with E-state index in [0.717, 1.165) is 6.92 Å². The second kappa shape index (κ2) is 19.5. The van der Waals surface area contributed by atoms with Crippen LogP contribution in [-0.2, 0) is 47.4 Å². The fourth-order valence-corrected chi connectivity index (χ4v) is 7.29. The van der Waals surface area contributed by atoms with Gasteiger partial charge in [-0.25, -0.2) is 0 Å². The molecule has 0 aliphatic carbocycles. The van der Waals surface area contributed by atoms with Gasteiger partial charge in [0.1, 0.15) is 110 Å². The van der Waals surface area contributed by atoms with E-state index in [1.165, 1.54) is 13.8 Å². The van der Waals surface area contributed by atoms with Crippen LogP contribution in [0, 0.1) is 0 Å². The summed E-state index contributed by atoms with van der Waals surface area (Å²) in [5.74, 6) is -0.823. The summed E-state index contributed by atoms with van der Waals surface area (Å²) in [4.78, 5) is 12.8. The van der Waals surface area contributed by atoms with Crippen molar-refractivity contribution in [3.63, 3.8) is 0 Å². The number of hydrogen-bond donors (Lipinski definition) is 15. The maximum absolute atomic E-state index is 12.8. The number of nitrogens with one attached hydrogen (secondary N) is 1. The number of hydrogen-bond acceptors (Lipinski definition) is 24. The fraction of sp³-hybridized carbons (Fsp3) is 0.969. The van der Waals surface area contributed by atoms with Gasteiger partial charge in [0, 0.05) is 6.92 Å². The molecule has 0 radical (unpaired) electrons. The molecule has 1 amide bonds. The number of aliphatic hydroxyl groups excluding tert-OH is 14. The number of carbonyl (C=O) groups is 1. The smallest absolute Gasteiger partial charge is 0.217 e. The topological polar surface area (TPSA) is 395 Å². The van der Waals surface area contributed by atoms with Crippen LogP contribution < -0.4 is 5.32 Å². The minimum atomic E-state index is -2.04. The molecule has 11 unspecified atom stereocenters. The monoisotopic (exact) mass is 837 g/mol. The molecule has 0 spiro atoms. The molecule has 5 fully saturated rings. The molecule has 0 bridgehead atoms. The highest BCUT2D eigenvalue weighted by atomic mass is 16.8. The first-order valence-electron chi connectivity index (χ1n) is 18.3. The van der Waals surface area contributed by atoms with Crippen molar-refractivity contribution >= 4 is 5.91 Å². The lowest BCUT2D eigenvalue weighted by atomic mass is 9.93. The van der Waals surface area contributed by atoms with Crippen LogP contribution in [0.1, 0.15) is 20.8 Å². The summed E-state index contributed by atoms with van der Waals surface area (Å²) in [5, 5.41) is 150. The van der Waals surface area contributed by atoms with Gasteiger partial charge in [-0.05, 0) is 13.8 Å². The molecule has 5 rings (SSSR count). The predicted molar refractivity (Wildman–Crippen MR) is 175 cm³/mol. The molecule has 5 saturated heterocycles. The molecule has 0 aromatic carbocycles. The second-order valence-corrected chi connectivity index (χ2v) is 14.7. The highest BCUT2D eigenvalue weighted by Crippen LogP contribution is 2.37. The Labute approximate surface area is 324 Å². The molecular formula is C32H55NO24. The summed E-state index contributed by atoms with van der Waals surface area (Å²) in [6.07, 6.45) is -42.6. The Morgan fingerprint density at radius 2 is 0.912 bits per heavy atom. The largest absolute Gasteiger partial charge is 0.394 e. The summed E-state index contributed by atoms with van der Waals surface area (Å²) < 4.78 is 51.9. The maximum atomic E-state index is 12.8. The minimum Gasteiger partial charge on any atom is -0.394 e. The molecule has 25 atom stereocenters. The highest BCUT2D eigenvalue weighted by Gasteiger charge is 2.58. The molecule has 5 aliphatic rings. The van der Waals surface area contributed by atoms with Crippen molar-refractivity contribution in [2.24, 2.45) is 0 Å². The normalized spacial score (nSPS) is 52.3. The number of carbonyl (C=O) groups excluding carboxylic acids is 1. The number of rotatable bonds is 12. The van der Waals surface area contributed by atoms with Gasteiger partial charge in [0.25, 0.3) is 0 Å². The zero-order valence-corrected chi connectivity index (χ0v) is 30.9. The molecule has 5 heterocycles. The van der Waals surface area contributed by atoms with E-state index >= 15 is 0 Å². The molecular weight excluding hydrogens is 782 g/mol. The summed E-state index contributed by atoms with van der Waals surface area (Å²) in [5.41, 5.74) is 0. The fourth-order valence-electron chi connectivity index (χ4n) is 7.29. The van der Waals surface area contributed by atoms with Crippen LogP contribution >= 0.6 is 0 Å². The van der Waals surface area contributed by atoms with Crippen LogP contribution in [0.3, 0.4) is 0 Å². The predicted octanol–water partition coefficient (Wildman–Crippen LogP) is -9.73. The van der Waals surface area contributed by atoms with Gasteiger partial charge in [-0.1, -0.05) is 0 Å². The van der Waals surface area contributed by atoms with Gasteiger partial charge in [-0.2, -0.15) is 0 Å². The van der Waals surface area contributed by atoms with Crippen LogP contribution in [0.25, 0.3) is 0 Å². The summed E-state index contributed by atoms with van der Waals surface area (Å²) >= 11 is 0. The van der Waals surface area contributed by atoms with Crippen molar-refractivity contribution in [2.75, 3.05) is 19.8 Å². The van der Waals surface area contributed by atoms with Crippen molar-refractivity contribution in [2.45, 2.75) is 174 Å². The van der Waals surface area contributed by atoms with Gasteiger partial charge < -0.3 is 119 Å². The van der Waals surface area contributed by atoms with Crippen molar-refractivity contribution in [3.8, 4) is 0 Å². The van der Waals surface area contributed by atoms with Gasteiger partial charge in [0.2, 0.25) is 5.91 Å². The zero-order chi connectivity index (χ0) is 42.2. The second-order valence-electron chi connectivity index (χ2n) is 14.7. The molecule has 0 saturated carbocycles. The Morgan fingerprint density at radius 1 is 0.456 bits per heavy atom. The van der Waals surface area contributed by atoms with Crippen LogP contribution in [0.2, 0.25) is 0 Å². The third-order valence-electron chi connectivity index (χ3n) is 10.6. The Morgan fingerprint density at radius 3 is 1.42 bits per heavy atom. The van der Waals surface area contributed by atoms with E-state index in [1.54, 1.807) is 0 Å². The van der Waals surface area contributed by atoms with Crippen LogP contribution in [0.4, 0.5) is 0 Å². The highest BCUT2D eigenvalue weighted by molar-refractivity contribution is 5.73. The third-order valence-corrected chi connectivity index (χ3v) is 10.6. The van der Waals surface area contributed by atoms with Crippen LogP contribution in [0.5, 0.6) is 0 Å². The van der Waals surface area contributed by atoms with Crippen LogP contribution in [0.15, 0.2) is 0 Å². The number of amides is 1. The molecule has 0 aromatic rings. The molecule has 332 valence electrons. The van der Waals surface area contributed by atoms with Gasteiger partial charge >= 0.3 is 0 Å². The third kappa shape index (κ3) is 9.71. The quantitative estimate of drug-likeness (QED) is 0.0867. The Kier molecular flexibility index (Phi) is 16.0. The van der Waals surface area contributed by atoms with E-state index in [0.29, 0.717) is 0 Å². The van der Waals surface area contributed by atoms with Gasteiger partial charge in [0.05, 0.1) is 32.0 Å². The summed E-state index contributed by atoms with van der Waals surface area (Å²) in [7, 11) is 0. The standard InChI is InChI=1S/C32H55NO24/c1-7-14(38)18(42)21(45)30(49-7)54-24-12(6-36)53-29(56-26-17(41)11(5-35)51-28(48)23(26)47)13(33-9(3)37)25(24)55-32-27(20(44)16(40)10(4-34)52-32)57-31-22(46)19(43)15(39)8(2)50-31/h7-8,10-32,34-36,38-48H,4-6H2,1-3H3,(H,33,37)/t7?,8?,10?,11?,12?,13?,14-,15-,16+,17+,18+,19+,20+,21?,22?,23?,24+,25-,26+,27?,28?,29+,30+,31+,32+/m1/s1. The van der Waals surface area contributed by atoms with E-state index in [1.807, 2.05) is 0 Å². The Bertz CT molecular complexity index is 1290. The van der Waals surface area contributed by atoms with Crippen molar-refractivity contribution in [1.82, 2.24) is 5.32 Å². The van der Waals surface area contributed by atoms with Crippen LogP contribution in [-0.4, -0.2) is 251 Å². The molecule has 5 aliphatic heterocycles. The van der Waals surface area contributed by atoms with Gasteiger partial charge in [-0.15, -0.1) is 0 Å². The van der Waals surface area contributed by atoms with Gasteiger partial charge in [0.15, 0.2) is 31.5 Å². The summed E-state index contributed by atoms with van der Waals surface area (Å²) in [6, 6.07) is -1.73. The van der Waals surface area contributed by atoms with E-state index in [2.05, 4.69) is 5.32 Å². The lowest BCUT2D eigenvalue weighted by molar-refractivity contribution is -0.397. The van der Waals surface area contributed by atoms with Gasteiger partial charge in [-0.3, -0.25) is 4.79 Å². The first-order chi connectivity index (χ1) is 26.8. The average molecular weight is 838 g/mol. The van der Waals surface area contributed by atoms with E-state index < -0.39 is 179 Å². The SMILES string of the molecule is CC(=O)NC1[C@H](O[C@@H]2C(O)C(O)OC(CO)[C@@H]2O)OC(CO)[C@H](O[C@@H]2OC(C)[C@@H](O)[C@H](O)C2O)[C@@H]1O[C@@H]1OC(CO)[C@H](O)[C@H](O)C1O[C@@H]1OC(C)[C@@H](O)[C@H](O)C1O. The number of ether oxygens (including phenoxy) is 9. The summed E-state index contributed by atoms with van der Waals surface area (Å²) in [6.45, 7) is 0.922. The molecule has 25 heteroatoms. The lowest BCUT2D eigenvalue weighted by Crippen LogP contribution is -2.71.